The molecule has 0 aliphatic heterocycles. The molecular weight excluding hydrogens is 298 g/mol. The van der Waals surface area contributed by atoms with Crippen LogP contribution in [0.1, 0.15) is 23.0 Å². The number of hydrogen-bond acceptors (Lipinski definition) is 2. The van der Waals surface area contributed by atoms with Crippen LogP contribution in [0.25, 0.3) is 11.0 Å². The van der Waals surface area contributed by atoms with Crippen LogP contribution >= 0.6 is 11.6 Å². The second-order valence-corrected chi connectivity index (χ2v) is 5.52. The normalized spacial score (nSPS) is 10.9. The van der Waals surface area contributed by atoms with E-state index >= 15 is 0 Å². The van der Waals surface area contributed by atoms with E-state index in [0.29, 0.717) is 22.9 Å². The van der Waals surface area contributed by atoms with Crippen molar-refractivity contribution in [3.63, 3.8) is 0 Å². The Labute approximate surface area is 134 Å². The van der Waals surface area contributed by atoms with Crippen LogP contribution in [0.4, 0.5) is 5.69 Å². The molecule has 3 rings (SSSR count). The average Bonchev–Trinajstić information content (AvgIpc) is 2.86. The summed E-state index contributed by atoms with van der Waals surface area (Å²) in [7, 11) is 0. The van der Waals surface area contributed by atoms with E-state index in [0.717, 1.165) is 16.6 Å². The van der Waals surface area contributed by atoms with Crippen LogP contribution in [0.15, 0.2) is 52.9 Å². The Morgan fingerprint density at radius 3 is 2.59 bits per heavy atom. The maximum Gasteiger partial charge on any atom is 0.294 e. The molecule has 0 fully saturated rings. The molecule has 0 spiro atoms. The van der Waals surface area contributed by atoms with E-state index in [1.165, 1.54) is 0 Å². The van der Waals surface area contributed by atoms with Gasteiger partial charge in [-0.3, -0.25) is 4.79 Å². The van der Waals surface area contributed by atoms with Crippen LogP contribution in [0, 0.1) is 6.92 Å². The Morgan fingerprint density at radius 1 is 1.18 bits per heavy atom. The van der Waals surface area contributed by atoms with E-state index < -0.39 is 0 Å². The second-order valence-electron chi connectivity index (χ2n) is 5.08. The summed E-state index contributed by atoms with van der Waals surface area (Å²) >= 11 is 6.03. The van der Waals surface area contributed by atoms with Gasteiger partial charge in [0.15, 0.2) is 5.76 Å². The minimum absolute atomic E-state index is 0.140. The van der Waals surface area contributed by atoms with Crippen molar-refractivity contribution < 1.29 is 9.21 Å². The van der Waals surface area contributed by atoms with Crippen LogP contribution in [0.2, 0.25) is 5.02 Å². The zero-order valence-electron chi connectivity index (χ0n) is 12.5. The minimum Gasteiger partial charge on any atom is -0.451 e. The van der Waals surface area contributed by atoms with Gasteiger partial charge < -0.3 is 9.32 Å². The van der Waals surface area contributed by atoms with Crippen LogP contribution in [0.3, 0.4) is 0 Å². The highest BCUT2D eigenvalue weighted by molar-refractivity contribution is 6.31. The van der Waals surface area contributed by atoms with Gasteiger partial charge >= 0.3 is 0 Å². The first kappa shape index (κ1) is 14.7. The van der Waals surface area contributed by atoms with E-state index in [9.17, 15) is 4.79 Å². The number of carbonyl (C=O) groups excluding carboxylic acids is 1. The van der Waals surface area contributed by atoms with Crippen molar-refractivity contribution >= 4 is 34.2 Å². The lowest BCUT2D eigenvalue weighted by molar-refractivity contribution is 0.0963. The van der Waals surface area contributed by atoms with Gasteiger partial charge in [0.25, 0.3) is 5.91 Å². The van der Waals surface area contributed by atoms with E-state index in [2.05, 4.69) is 0 Å². The topological polar surface area (TPSA) is 33.5 Å². The molecule has 3 nitrogen and oxygen atoms in total. The summed E-state index contributed by atoms with van der Waals surface area (Å²) in [5.74, 6) is 0.224. The smallest absolute Gasteiger partial charge is 0.294 e. The predicted molar refractivity (Wildman–Crippen MR) is 89.8 cm³/mol. The quantitative estimate of drug-likeness (QED) is 0.677. The summed E-state index contributed by atoms with van der Waals surface area (Å²) in [6, 6.07) is 15.0. The zero-order chi connectivity index (χ0) is 15.7. The first-order chi connectivity index (χ1) is 10.6. The number of rotatable bonds is 3. The standard InChI is InChI=1S/C18H16ClNO2/c1-3-20(14-7-5-4-6-8-14)18(21)17-12(2)15-11-13(19)9-10-16(15)22-17/h4-11H,3H2,1-2H3. The third kappa shape index (κ3) is 2.48. The molecular formula is C18H16ClNO2. The molecule has 1 amide bonds. The number of anilines is 1. The number of furan rings is 1. The Hall–Kier alpha value is -2.26. The fourth-order valence-electron chi connectivity index (χ4n) is 2.57. The van der Waals surface area contributed by atoms with E-state index in [1.807, 2.05) is 50.2 Å². The molecule has 0 N–H and O–H groups in total. The van der Waals surface area contributed by atoms with E-state index in [1.54, 1.807) is 17.0 Å². The molecule has 3 aromatic rings. The monoisotopic (exact) mass is 313 g/mol. The number of aryl methyl sites for hydroxylation is 1. The van der Waals surface area contributed by atoms with Crippen molar-refractivity contribution in [2.24, 2.45) is 0 Å². The van der Waals surface area contributed by atoms with Crippen molar-refractivity contribution in [2.75, 3.05) is 11.4 Å². The highest BCUT2D eigenvalue weighted by Crippen LogP contribution is 2.29. The number of carbonyl (C=O) groups is 1. The van der Waals surface area contributed by atoms with Gasteiger partial charge in [-0.2, -0.15) is 0 Å². The lowest BCUT2D eigenvalue weighted by Gasteiger charge is -2.20. The van der Waals surface area contributed by atoms with E-state index in [4.69, 9.17) is 16.0 Å². The second kappa shape index (κ2) is 5.85. The van der Waals surface area contributed by atoms with Gasteiger partial charge in [-0.25, -0.2) is 0 Å². The first-order valence-corrected chi connectivity index (χ1v) is 7.55. The third-order valence-corrected chi connectivity index (χ3v) is 3.96. The largest absolute Gasteiger partial charge is 0.451 e. The number of fused-ring (bicyclic) bond motifs is 1. The molecule has 1 aromatic heterocycles. The summed E-state index contributed by atoms with van der Waals surface area (Å²) in [6.45, 7) is 4.40. The molecule has 2 aromatic carbocycles. The SMILES string of the molecule is CCN(C(=O)c1oc2ccc(Cl)cc2c1C)c1ccccc1. The molecule has 1 heterocycles. The highest BCUT2D eigenvalue weighted by Gasteiger charge is 2.23. The van der Waals surface area contributed by atoms with Crippen molar-refractivity contribution in [3.05, 3.63) is 64.9 Å². The lowest BCUT2D eigenvalue weighted by Crippen LogP contribution is -2.30. The van der Waals surface area contributed by atoms with Gasteiger partial charge in [0.1, 0.15) is 5.58 Å². The maximum atomic E-state index is 12.9. The summed E-state index contributed by atoms with van der Waals surface area (Å²) in [5.41, 5.74) is 2.35. The number of nitrogens with zero attached hydrogens (tertiary/aromatic N) is 1. The van der Waals surface area contributed by atoms with Crippen LogP contribution in [-0.4, -0.2) is 12.5 Å². The number of amides is 1. The number of halogens is 1. The van der Waals surface area contributed by atoms with Gasteiger partial charge in [0.05, 0.1) is 0 Å². The Kier molecular flexibility index (Phi) is 3.90. The third-order valence-electron chi connectivity index (χ3n) is 3.72. The molecule has 0 unspecified atom stereocenters. The van der Waals surface area contributed by atoms with Crippen LogP contribution in [0.5, 0.6) is 0 Å². The summed E-state index contributed by atoms with van der Waals surface area (Å²) in [5, 5.41) is 1.51. The van der Waals surface area contributed by atoms with Crippen molar-refractivity contribution in [1.29, 1.82) is 0 Å². The van der Waals surface area contributed by atoms with Crippen LogP contribution < -0.4 is 4.90 Å². The van der Waals surface area contributed by atoms with Crippen molar-refractivity contribution in [3.8, 4) is 0 Å². The molecule has 0 aliphatic rings. The molecule has 112 valence electrons. The molecule has 22 heavy (non-hydrogen) atoms. The Balaban J connectivity index is 2.06. The lowest BCUT2D eigenvalue weighted by atomic mass is 10.1. The van der Waals surface area contributed by atoms with Crippen molar-refractivity contribution in [1.82, 2.24) is 0 Å². The van der Waals surface area contributed by atoms with Gasteiger partial charge in [-0.1, -0.05) is 29.8 Å². The summed E-state index contributed by atoms with van der Waals surface area (Å²) in [4.78, 5) is 14.6. The molecule has 0 bridgehead atoms. The Bertz CT molecular complexity index is 824. The number of hydrogen-bond donors (Lipinski definition) is 0. The van der Waals surface area contributed by atoms with Gasteiger partial charge in [0, 0.05) is 28.2 Å². The fourth-order valence-corrected chi connectivity index (χ4v) is 2.74. The van der Waals surface area contributed by atoms with Crippen LogP contribution in [-0.2, 0) is 0 Å². The summed E-state index contributed by atoms with van der Waals surface area (Å²) < 4.78 is 5.77. The zero-order valence-corrected chi connectivity index (χ0v) is 13.2. The molecule has 0 saturated carbocycles. The highest BCUT2D eigenvalue weighted by atomic mass is 35.5. The molecule has 0 saturated heterocycles. The first-order valence-electron chi connectivity index (χ1n) is 7.17. The molecule has 4 heteroatoms. The molecule has 0 atom stereocenters. The van der Waals surface area contributed by atoms with Gasteiger partial charge in [0.2, 0.25) is 0 Å². The van der Waals surface area contributed by atoms with Gasteiger partial charge in [-0.05, 0) is 44.2 Å². The average molecular weight is 314 g/mol. The molecule has 0 aliphatic carbocycles. The van der Waals surface area contributed by atoms with Gasteiger partial charge in [-0.15, -0.1) is 0 Å². The maximum absolute atomic E-state index is 12.9. The minimum atomic E-state index is -0.140. The Morgan fingerprint density at radius 2 is 1.91 bits per heavy atom. The number of benzene rings is 2. The van der Waals surface area contributed by atoms with Crippen molar-refractivity contribution in [2.45, 2.75) is 13.8 Å². The summed E-state index contributed by atoms with van der Waals surface area (Å²) in [6.07, 6.45) is 0. The predicted octanol–water partition coefficient (Wildman–Crippen LogP) is 5.06. The molecule has 0 radical (unpaired) electrons. The fraction of sp³-hybridized carbons (Fsp3) is 0.167. The number of para-hydroxylation sites is 1. The van der Waals surface area contributed by atoms with E-state index in [-0.39, 0.29) is 5.91 Å².